The van der Waals surface area contributed by atoms with Crippen molar-refractivity contribution in [2.24, 2.45) is 11.1 Å². The first-order valence-electron chi connectivity index (χ1n) is 7.41. The van der Waals surface area contributed by atoms with Gasteiger partial charge < -0.3 is 9.26 Å². The molecular formula is C12H12F13NO2Si. The summed E-state index contributed by atoms with van der Waals surface area (Å²) in [6, 6.07) is 0. The van der Waals surface area contributed by atoms with Crippen molar-refractivity contribution in [2.45, 2.75) is 48.6 Å². The SMILES string of the molecule is FC(F)(F)C(F)(F)C(F)(F)C(F)(F)C(F)(F)C(F)(F)CCC1CON=C1CO[SiH3]. The molecule has 1 aliphatic rings. The van der Waals surface area contributed by atoms with Crippen molar-refractivity contribution in [1.82, 2.24) is 0 Å². The van der Waals surface area contributed by atoms with Crippen molar-refractivity contribution in [1.29, 1.82) is 0 Å². The lowest BCUT2D eigenvalue weighted by Crippen LogP contribution is -2.70. The van der Waals surface area contributed by atoms with Gasteiger partial charge in [0.25, 0.3) is 0 Å². The standard InChI is InChI=1S/C12H12F13NO2Si/c13-7(14,2-1-5-3-27-26-6(5)4-28-29)8(15,16)9(17,18)10(19,20)11(21,22)12(23,24)25/h5H,1-4H2,29H3. The van der Waals surface area contributed by atoms with Crippen LogP contribution in [0.4, 0.5) is 57.1 Å². The van der Waals surface area contributed by atoms with Crippen LogP contribution in [-0.4, -0.2) is 65.2 Å². The molecule has 0 aliphatic carbocycles. The van der Waals surface area contributed by atoms with Crippen LogP contribution in [0.3, 0.4) is 0 Å². The zero-order valence-electron chi connectivity index (χ0n) is 14.1. The molecule has 1 aliphatic heterocycles. The predicted molar refractivity (Wildman–Crippen MR) is 72.8 cm³/mol. The van der Waals surface area contributed by atoms with E-state index < -0.39 is 61.2 Å². The summed E-state index contributed by atoms with van der Waals surface area (Å²) in [5.41, 5.74) is -0.0835. The molecule has 1 rings (SSSR count). The summed E-state index contributed by atoms with van der Waals surface area (Å²) >= 11 is 0. The molecule has 0 saturated carbocycles. The summed E-state index contributed by atoms with van der Waals surface area (Å²) < 4.78 is 174. The molecule has 3 nitrogen and oxygen atoms in total. The fraction of sp³-hybridized carbons (Fsp3) is 0.917. The minimum Gasteiger partial charge on any atom is -0.422 e. The van der Waals surface area contributed by atoms with Crippen molar-refractivity contribution in [3.8, 4) is 0 Å². The van der Waals surface area contributed by atoms with Crippen LogP contribution in [0.1, 0.15) is 12.8 Å². The van der Waals surface area contributed by atoms with Gasteiger partial charge in [-0.3, -0.25) is 0 Å². The minimum atomic E-state index is -7.88. The maximum atomic E-state index is 13.7. The van der Waals surface area contributed by atoms with Crippen LogP contribution in [-0.2, 0) is 9.26 Å². The van der Waals surface area contributed by atoms with Gasteiger partial charge in [0.15, 0.2) is 0 Å². The van der Waals surface area contributed by atoms with E-state index >= 15 is 0 Å². The Kier molecular flexibility index (Phi) is 6.91. The third kappa shape index (κ3) is 4.16. The monoisotopic (exact) mass is 477 g/mol. The van der Waals surface area contributed by atoms with Gasteiger partial charge in [0.05, 0.1) is 12.3 Å². The van der Waals surface area contributed by atoms with Crippen molar-refractivity contribution in [3.63, 3.8) is 0 Å². The first-order chi connectivity index (χ1) is 12.8. The highest BCUT2D eigenvalue weighted by molar-refractivity contribution is 6.00. The van der Waals surface area contributed by atoms with E-state index in [-0.39, 0.29) is 22.8 Å². The number of hydrogen-bond acceptors (Lipinski definition) is 3. The van der Waals surface area contributed by atoms with Crippen molar-refractivity contribution >= 4 is 16.2 Å². The van der Waals surface area contributed by atoms with Gasteiger partial charge >= 0.3 is 35.8 Å². The Morgan fingerprint density at radius 2 is 1.31 bits per heavy atom. The number of oxime groups is 1. The highest BCUT2D eigenvalue weighted by atomic mass is 28.2. The molecule has 172 valence electrons. The Morgan fingerprint density at radius 3 is 1.76 bits per heavy atom. The molecule has 1 unspecified atom stereocenters. The van der Waals surface area contributed by atoms with Gasteiger partial charge in [-0.05, 0) is 6.42 Å². The fourth-order valence-corrected chi connectivity index (χ4v) is 2.53. The lowest BCUT2D eigenvalue weighted by atomic mass is 9.89. The van der Waals surface area contributed by atoms with Gasteiger partial charge in [0.2, 0.25) is 0 Å². The third-order valence-electron chi connectivity index (χ3n) is 4.03. The van der Waals surface area contributed by atoms with Gasteiger partial charge in [-0.15, -0.1) is 0 Å². The van der Waals surface area contributed by atoms with Gasteiger partial charge in [0.1, 0.15) is 17.1 Å². The molecule has 0 fully saturated rings. The Hall–Kier alpha value is -1.26. The van der Waals surface area contributed by atoms with E-state index in [0.717, 1.165) is 0 Å². The quantitative estimate of drug-likeness (QED) is 0.374. The molecule has 0 aromatic carbocycles. The number of rotatable bonds is 9. The Balaban J connectivity index is 3.14. The summed E-state index contributed by atoms with van der Waals surface area (Å²) in [4.78, 5) is 4.48. The summed E-state index contributed by atoms with van der Waals surface area (Å²) in [5, 5.41) is 3.31. The van der Waals surface area contributed by atoms with E-state index in [1.165, 1.54) is 0 Å². The number of hydrogen-bond donors (Lipinski definition) is 0. The molecule has 0 N–H and O–H groups in total. The van der Waals surface area contributed by atoms with E-state index in [1.54, 1.807) is 0 Å². The molecular weight excluding hydrogens is 465 g/mol. The zero-order valence-corrected chi connectivity index (χ0v) is 16.1. The summed E-state index contributed by atoms with van der Waals surface area (Å²) in [5.74, 6) is -37.9. The maximum absolute atomic E-state index is 13.7. The fourth-order valence-electron chi connectivity index (χ4n) is 2.24. The van der Waals surface area contributed by atoms with Crippen LogP contribution in [0.25, 0.3) is 0 Å². The largest absolute Gasteiger partial charge is 0.460 e. The van der Waals surface area contributed by atoms with Gasteiger partial charge in [0, 0.05) is 12.3 Å². The summed E-state index contributed by atoms with van der Waals surface area (Å²) in [7, 11) is 0.133. The Labute approximate surface area is 156 Å². The first-order valence-corrected chi connectivity index (χ1v) is 8.23. The second-order valence-corrected chi connectivity index (χ2v) is 6.62. The lowest BCUT2D eigenvalue weighted by Gasteiger charge is -2.39. The average molecular weight is 477 g/mol. The highest BCUT2D eigenvalue weighted by Gasteiger charge is 2.90. The predicted octanol–water partition coefficient (Wildman–Crippen LogP) is 3.80. The second-order valence-electron chi connectivity index (χ2n) is 6.05. The van der Waals surface area contributed by atoms with Crippen molar-refractivity contribution in [2.75, 3.05) is 13.2 Å². The van der Waals surface area contributed by atoms with E-state index in [4.69, 9.17) is 4.43 Å². The Bertz CT molecular complexity index is 619. The molecule has 0 amide bonds. The van der Waals surface area contributed by atoms with E-state index in [1.807, 2.05) is 0 Å². The van der Waals surface area contributed by atoms with Crippen LogP contribution in [0, 0.1) is 5.92 Å². The smallest absolute Gasteiger partial charge is 0.422 e. The van der Waals surface area contributed by atoms with E-state index in [9.17, 15) is 57.1 Å². The maximum Gasteiger partial charge on any atom is 0.460 e. The van der Waals surface area contributed by atoms with Gasteiger partial charge in [-0.25, -0.2) is 0 Å². The van der Waals surface area contributed by atoms with E-state index in [2.05, 4.69) is 9.99 Å². The summed E-state index contributed by atoms with van der Waals surface area (Å²) in [6.45, 7) is -0.758. The number of alkyl halides is 13. The van der Waals surface area contributed by atoms with Crippen molar-refractivity contribution < 1.29 is 66.3 Å². The van der Waals surface area contributed by atoms with Crippen LogP contribution < -0.4 is 0 Å². The normalized spacial score (nSPS) is 20.0. The molecule has 17 heteroatoms. The molecule has 0 spiro atoms. The third-order valence-corrected chi connectivity index (χ3v) is 4.31. The molecule has 0 bridgehead atoms. The van der Waals surface area contributed by atoms with Crippen LogP contribution >= 0.6 is 0 Å². The molecule has 1 heterocycles. The Morgan fingerprint density at radius 1 is 0.828 bits per heavy atom. The van der Waals surface area contributed by atoms with Crippen LogP contribution in [0.2, 0.25) is 0 Å². The highest BCUT2D eigenvalue weighted by Crippen LogP contribution is 2.60. The molecule has 0 radical (unpaired) electrons. The van der Waals surface area contributed by atoms with Gasteiger partial charge in [-0.2, -0.15) is 57.1 Å². The topological polar surface area (TPSA) is 30.8 Å². The number of halogens is 13. The molecule has 0 aromatic rings. The molecule has 1 atom stereocenters. The molecule has 0 saturated heterocycles. The second kappa shape index (κ2) is 7.77. The first kappa shape index (κ1) is 25.8. The average Bonchev–Trinajstić information content (AvgIpc) is 2.99. The zero-order chi connectivity index (χ0) is 23.1. The molecule has 29 heavy (non-hydrogen) atoms. The lowest BCUT2D eigenvalue weighted by molar-refractivity contribution is -0.440. The van der Waals surface area contributed by atoms with Gasteiger partial charge in [-0.1, -0.05) is 5.16 Å². The van der Waals surface area contributed by atoms with Crippen LogP contribution in [0.15, 0.2) is 5.16 Å². The van der Waals surface area contributed by atoms with Crippen LogP contribution in [0.5, 0.6) is 0 Å². The molecule has 0 aromatic heterocycles. The minimum absolute atomic E-state index is 0.0835. The summed E-state index contributed by atoms with van der Waals surface area (Å²) in [6.07, 6.45) is -10.8. The van der Waals surface area contributed by atoms with E-state index in [0.29, 0.717) is 0 Å². The number of nitrogens with zero attached hydrogens (tertiary/aromatic N) is 1. The van der Waals surface area contributed by atoms with Crippen molar-refractivity contribution in [3.05, 3.63) is 0 Å².